The predicted octanol–water partition coefficient (Wildman–Crippen LogP) is -0.650. The van der Waals surface area contributed by atoms with Crippen LogP contribution in [0.3, 0.4) is 0 Å². The predicted molar refractivity (Wildman–Crippen MR) is 43.6 cm³/mol. The maximum Gasteiger partial charge on any atom is 0.0597 e. The highest BCUT2D eigenvalue weighted by Crippen LogP contribution is 1.90. The first-order chi connectivity index (χ1) is 4.33. The summed E-state index contributed by atoms with van der Waals surface area (Å²) in [5, 5.41) is 15.1. The van der Waals surface area contributed by atoms with Crippen molar-refractivity contribution in [3.05, 3.63) is 0 Å². The number of halogens is 1. The zero-order valence-corrected chi connectivity index (χ0v) is 6.95. The number of aliphatic hydroxyl groups excluding tert-OH is 1. The summed E-state index contributed by atoms with van der Waals surface area (Å²) in [6.07, 6.45) is 0. The maximum absolute atomic E-state index is 8.67. The number of rotatable bonds is 1. The van der Waals surface area contributed by atoms with Gasteiger partial charge in [-0.05, 0) is 6.92 Å². The summed E-state index contributed by atoms with van der Waals surface area (Å²) in [5.74, 6) is 0. The molecule has 1 aliphatic heterocycles. The maximum atomic E-state index is 8.67. The first-order valence-corrected chi connectivity index (χ1v) is 3.40. The second-order valence-corrected chi connectivity index (χ2v) is 2.60. The van der Waals surface area contributed by atoms with Crippen LogP contribution in [0, 0.1) is 0 Å². The van der Waals surface area contributed by atoms with E-state index in [4.69, 9.17) is 5.11 Å². The molecule has 1 saturated heterocycles. The summed E-state index contributed by atoms with van der Waals surface area (Å²) in [7, 11) is 0. The van der Waals surface area contributed by atoms with Crippen molar-refractivity contribution in [3.8, 4) is 0 Å². The van der Waals surface area contributed by atoms with E-state index < -0.39 is 0 Å². The third-order valence-electron chi connectivity index (χ3n) is 1.65. The van der Waals surface area contributed by atoms with Gasteiger partial charge in [0.05, 0.1) is 6.61 Å². The molecule has 3 nitrogen and oxygen atoms in total. The Balaban J connectivity index is 0.000000810. The van der Waals surface area contributed by atoms with Crippen molar-refractivity contribution in [1.29, 1.82) is 0 Å². The highest BCUT2D eigenvalue weighted by atomic mass is 35.5. The molecule has 2 atom stereocenters. The second-order valence-electron chi connectivity index (χ2n) is 2.60. The fraction of sp³-hybridized carbons (Fsp3) is 1.00. The van der Waals surface area contributed by atoms with Gasteiger partial charge in [-0.2, -0.15) is 0 Å². The van der Waals surface area contributed by atoms with Crippen molar-refractivity contribution >= 4 is 12.4 Å². The molecule has 0 bridgehead atoms. The number of hydrogen-bond donors (Lipinski definition) is 3. The van der Waals surface area contributed by atoms with Gasteiger partial charge in [0, 0.05) is 25.2 Å². The van der Waals surface area contributed by atoms with E-state index >= 15 is 0 Å². The third-order valence-corrected chi connectivity index (χ3v) is 1.65. The number of piperazine rings is 1. The van der Waals surface area contributed by atoms with Gasteiger partial charge in [-0.3, -0.25) is 0 Å². The molecule has 62 valence electrons. The molecule has 2 unspecified atom stereocenters. The zero-order chi connectivity index (χ0) is 6.69. The van der Waals surface area contributed by atoms with E-state index in [1.54, 1.807) is 0 Å². The molecule has 0 radical (unpaired) electrons. The Morgan fingerprint density at radius 2 is 2.10 bits per heavy atom. The van der Waals surface area contributed by atoms with Crippen LogP contribution in [-0.2, 0) is 0 Å². The molecule has 0 spiro atoms. The Labute approximate surface area is 67.6 Å². The molecule has 0 amide bonds. The fourth-order valence-corrected chi connectivity index (χ4v) is 0.960. The van der Waals surface area contributed by atoms with Gasteiger partial charge >= 0.3 is 0 Å². The molecule has 3 N–H and O–H groups in total. The molecule has 0 saturated carbocycles. The van der Waals surface area contributed by atoms with Crippen LogP contribution < -0.4 is 10.6 Å². The second kappa shape index (κ2) is 4.91. The van der Waals surface area contributed by atoms with Crippen LogP contribution in [0.25, 0.3) is 0 Å². The van der Waals surface area contributed by atoms with Gasteiger partial charge in [0.15, 0.2) is 0 Å². The van der Waals surface area contributed by atoms with Crippen LogP contribution in [0.2, 0.25) is 0 Å². The topological polar surface area (TPSA) is 44.3 Å². The minimum atomic E-state index is 0. The first-order valence-electron chi connectivity index (χ1n) is 3.40. The van der Waals surface area contributed by atoms with Crippen molar-refractivity contribution in [2.24, 2.45) is 0 Å². The fourth-order valence-electron chi connectivity index (χ4n) is 0.960. The Morgan fingerprint density at radius 1 is 1.40 bits per heavy atom. The average Bonchev–Trinajstić information content (AvgIpc) is 1.90. The van der Waals surface area contributed by atoms with Crippen molar-refractivity contribution in [1.82, 2.24) is 10.6 Å². The van der Waals surface area contributed by atoms with Gasteiger partial charge < -0.3 is 15.7 Å². The number of aliphatic hydroxyl groups is 1. The molecule has 1 rings (SSSR count). The summed E-state index contributed by atoms with van der Waals surface area (Å²) in [6, 6.07) is 0.814. The third kappa shape index (κ3) is 2.84. The molecule has 0 aliphatic carbocycles. The van der Waals surface area contributed by atoms with Crippen molar-refractivity contribution in [2.75, 3.05) is 19.7 Å². The summed E-state index contributed by atoms with van der Waals surface area (Å²) < 4.78 is 0. The Morgan fingerprint density at radius 3 is 2.50 bits per heavy atom. The Bertz CT molecular complexity index is 83.8. The van der Waals surface area contributed by atoms with Crippen LogP contribution in [0.1, 0.15) is 6.92 Å². The molecule has 0 aromatic rings. The molecule has 0 aromatic carbocycles. The molecule has 1 aliphatic rings. The van der Waals surface area contributed by atoms with E-state index in [1.165, 1.54) is 0 Å². The van der Waals surface area contributed by atoms with Gasteiger partial charge in [-0.15, -0.1) is 12.4 Å². The lowest BCUT2D eigenvalue weighted by atomic mass is 10.2. The molecule has 10 heavy (non-hydrogen) atoms. The van der Waals surface area contributed by atoms with Crippen LogP contribution in [0.5, 0.6) is 0 Å². The van der Waals surface area contributed by atoms with Gasteiger partial charge in [-0.25, -0.2) is 0 Å². The first kappa shape index (κ1) is 10.2. The average molecular weight is 167 g/mol. The molecular weight excluding hydrogens is 152 g/mol. The van der Waals surface area contributed by atoms with Gasteiger partial charge in [0.25, 0.3) is 0 Å². The van der Waals surface area contributed by atoms with Crippen molar-refractivity contribution < 1.29 is 5.11 Å². The summed E-state index contributed by atoms with van der Waals surface area (Å²) in [4.78, 5) is 0. The molecule has 1 heterocycles. The monoisotopic (exact) mass is 166 g/mol. The summed E-state index contributed by atoms with van der Waals surface area (Å²) >= 11 is 0. The van der Waals surface area contributed by atoms with E-state index in [0.29, 0.717) is 6.04 Å². The lowest BCUT2D eigenvalue weighted by Crippen LogP contribution is -2.54. The highest BCUT2D eigenvalue weighted by molar-refractivity contribution is 5.85. The minimum Gasteiger partial charge on any atom is -0.395 e. The molecule has 1 fully saturated rings. The number of hydrogen-bond acceptors (Lipinski definition) is 3. The lowest BCUT2D eigenvalue weighted by molar-refractivity contribution is 0.216. The SMILES string of the molecule is CC1CNC(CO)CN1.Cl. The lowest BCUT2D eigenvalue weighted by Gasteiger charge is -2.27. The molecule has 0 aromatic heterocycles. The van der Waals surface area contributed by atoms with Crippen LogP contribution in [-0.4, -0.2) is 36.9 Å². The largest absolute Gasteiger partial charge is 0.395 e. The van der Waals surface area contributed by atoms with Crippen LogP contribution in [0.15, 0.2) is 0 Å². The van der Waals surface area contributed by atoms with Gasteiger partial charge in [-0.1, -0.05) is 0 Å². The van der Waals surface area contributed by atoms with E-state index in [0.717, 1.165) is 13.1 Å². The van der Waals surface area contributed by atoms with Crippen molar-refractivity contribution in [2.45, 2.75) is 19.0 Å². The Hall–Kier alpha value is 0.170. The van der Waals surface area contributed by atoms with Gasteiger partial charge in [0.2, 0.25) is 0 Å². The standard InChI is InChI=1S/C6H14N2O.ClH/c1-5-2-8-6(4-9)3-7-5;/h5-9H,2-4H2,1H3;1H. The van der Waals surface area contributed by atoms with Crippen LogP contribution in [0.4, 0.5) is 0 Å². The van der Waals surface area contributed by atoms with E-state index in [-0.39, 0.29) is 25.1 Å². The smallest absolute Gasteiger partial charge is 0.0597 e. The van der Waals surface area contributed by atoms with Gasteiger partial charge in [0.1, 0.15) is 0 Å². The molecular formula is C6H15ClN2O. The molecule has 4 heteroatoms. The highest BCUT2D eigenvalue weighted by Gasteiger charge is 2.14. The Kier molecular flexibility index (Phi) is 4.99. The summed E-state index contributed by atoms with van der Waals surface area (Å²) in [6.45, 7) is 4.21. The minimum absolute atomic E-state index is 0. The quantitative estimate of drug-likeness (QED) is 0.485. The summed E-state index contributed by atoms with van der Waals surface area (Å²) in [5.41, 5.74) is 0. The van der Waals surface area contributed by atoms with E-state index in [9.17, 15) is 0 Å². The van der Waals surface area contributed by atoms with E-state index in [2.05, 4.69) is 17.6 Å². The zero-order valence-electron chi connectivity index (χ0n) is 6.13. The number of nitrogens with one attached hydrogen (secondary N) is 2. The van der Waals surface area contributed by atoms with E-state index in [1.807, 2.05) is 0 Å². The van der Waals surface area contributed by atoms with Crippen molar-refractivity contribution in [3.63, 3.8) is 0 Å². The van der Waals surface area contributed by atoms with Crippen LogP contribution >= 0.6 is 12.4 Å². The normalized spacial score (nSPS) is 33.0.